The van der Waals surface area contributed by atoms with Gasteiger partial charge in [-0.05, 0) is 17.7 Å². The number of benzene rings is 1. The van der Waals surface area contributed by atoms with Crippen LogP contribution in [0.25, 0.3) is 11.0 Å². The summed E-state index contributed by atoms with van der Waals surface area (Å²) in [6.07, 6.45) is 0. The molecule has 2 aromatic rings. The Balaban J connectivity index is 2.88. The minimum Gasteiger partial charge on any atom is -0.328 e. The van der Waals surface area contributed by atoms with Crippen LogP contribution in [0.15, 0.2) is 12.1 Å². The second-order valence-electron chi connectivity index (χ2n) is 2.31. The van der Waals surface area contributed by atoms with Crippen molar-refractivity contribution in [2.45, 2.75) is 0 Å². The average molecular weight is 189 g/mol. The molecule has 2 rings (SSSR count). The fraction of sp³-hybridized carbons (Fsp3) is 0. The van der Waals surface area contributed by atoms with Crippen LogP contribution < -0.4 is 0 Å². The van der Waals surface area contributed by atoms with E-state index in [1.54, 1.807) is 0 Å². The highest BCUT2D eigenvalue weighted by atomic mass is 35.5. The molecule has 1 aromatic heterocycles. The van der Waals surface area contributed by atoms with E-state index < -0.39 is 11.6 Å². The van der Waals surface area contributed by atoms with E-state index in [1.807, 2.05) is 0 Å². The predicted octanol–water partition coefficient (Wildman–Crippen LogP) is 2.49. The van der Waals surface area contributed by atoms with Crippen LogP contribution in [0.3, 0.4) is 0 Å². The maximum atomic E-state index is 12.9. The van der Waals surface area contributed by atoms with Gasteiger partial charge >= 0.3 is 0 Å². The number of nitrogens with zero attached hydrogens (tertiary/aromatic N) is 1. The third-order valence-corrected chi connectivity index (χ3v) is 1.65. The van der Waals surface area contributed by atoms with Crippen LogP contribution in [0.1, 0.15) is 0 Å². The van der Waals surface area contributed by atoms with E-state index in [2.05, 4.69) is 9.97 Å². The van der Waals surface area contributed by atoms with Crippen molar-refractivity contribution < 1.29 is 8.78 Å². The van der Waals surface area contributed by atoms with Crippen LogP contribution in [-0.4, -0.2) is 9.97 Å². The molecule has 0 aliphatic rings. The zero-order valence-electron chi connectivity index (χ0n) is 5.74. The maximum absolute atomic E-state index is 12.9. The second kappa shape index (κ2) is 2.42. The molecular formula is C7H3ClF2N2. The third-order valence-electron chi connectivity index (χ3n) is 1.48. The molecule has 0 aliphatic heterocycles. The third kappa shape index (κ3) is 1.04. The van der Waals surface area contributed by atoms with Crippen LogP contribution >= 0.6 is 11.6 Å². The van der Waals surface area contributed by atoms with Crippen LogP contribution in [0.5, 0.6) is 0 Å². The highest BCUT2D eigenvalue weighted by Crippen LogP contribution is 2.18. The van der Waals surface area contributed by atoms with Gasteiger partial charge in [0, 0.05) is 6.07 Å². The van der Waals surface area contributed by atoms with Crippen molar-refractivity contribution in [3.63, 3.8) is 0 Å². The Bertz CT molecular complexity index is 438. The summed E-state index contributed by atoms with van der Waals surface area (Å²) in [4.78, 5) is 6.14. The van der Waals surface area contributed by atoms with Crippen molar-refractivity contribution in [2.75, 3.05) is 0 Å². The molecule has 0 fully saturated rings. The van der Waals surface area contributed by atoms with Crippen LogP contribution in [0.2, 0.25) is 5.28 Å². The number of imidazole rings is 1. The summed E-state index contributed by atoms with van der Waals surface area (Å²) in [6, 6.07) is 1.90. The smallest absolute Gasteiger partial charge is 0.201 e. The number of H-pyrrole nitrogens is 1. The Labute approximate surface area is 71.2 Å². The van der Waals surface area contributed by atoms with E-state index in [0.29, 0.717) is 0 Å². The van der Waals surface area contributed by atoms with Gasteiger partial charge in [-0.15, -0.1) is 0 Å². The molecule has 0 amide bonds. The fourth-order valence-electron chi connectivity index (χ4n) is 1.01. The van der Waals surface area contributed by atoms with Crippen molar-refractivity contribution in [3.05, 3.63) is 29.1 Å². The van der Waals surface area contributed by atoms with Crippen molar-refractivity contribution in [3.8, 4) is 0 Å². The zero-order chi connectivity index (χ0) is 8.72. The molecule has 1 heterocycles. The van der Waals surface area contributed by atoms with Gasteiger partial charge in [-0.2, -0.15) is 0 Å². The van der Waals surface area contributed by atoms with Crippen LogP contribution in [-0.2, 0) is 0 Å². The van der Waals surface area contributed by atoms with Gasteiger partial charge in [0.25, 0.3) is 0 Å². The number of hydrogen-bond donors (Lipinski definition) is 1. The lowest BCUT2D eigenvalue weighted by atomic mass is 10.3. The SMILES string of the molecule is Fc1cc(F)c2nc(Cl)[nH]c2c1. The molecule has 0 unspecified atom stereocenters. The molecule has 1 N–H and O–H groups in total. The Morgan fingerprint density at radius 1 is 1.33 bits per heavy atom. The summed E-state index contributed by atoms with van der Waals surface area (Å²) in [7, 11) is 0. The highest BCUT2D eigenvalue weighted by molar-refractivity contribution is 6.29. The van der Waals surface area contributed by atoms with Gasteiger partial charge in [0.1, 0.15) is 11.3 Å². The molecule has 1 aromatic carbocycles. The molecule has 12 heavy (non-hydrogen) atoms. The molecule has 0 atom stereocenters. The predicted molar refractivity (Wildman–Crippen MR) is 41.0 cm³/mol. The van der Waals surface area contributed by atoms with E-state index >= 15 is 0 Å². The van der Waals surface area contributed by atoms with Crippen molar-refractivity contribution in [2.24, 2.45) is 0 Å². The van der Waals surface area contributed by atoms with E-state index in [9.17, 15) is 8.78 Å². The summed E-state index contributed by atoms with van der Waals surface area (Å²) in [6.45, 7) is 0. The van der Waals surface area contributed by atoms with Gasteiger partial charge in [-0.1, -0.05) is 0 Å². The molecule has 5 heteroatoms. The summed E-state index contributed by atoms with van der Waals surface area (Å²) >= 11 is 5.45. The Morgan fingerprint density at radius 3 is 2.83 bits per heavy atom. The maximum Gasteiger partial charge on any atom is 0.201 e. The summed E-state index contributed by atoms with van der Waals surface area (Å²) in [5.74, 6) is -1.37. The number of nitrogens with one attached hydrogen (secondary N) is 1. The number of fused-ring (bicyclic) bond motifs is 1. The van der Waals surface area contributed by atoms with E-state index in [0.717, 1.165) is 12.1 Å². The lowest BCUT2D eigenvalue weighted by Gasteiger charge is -1.90. The summed E-state index contributed by atoms with van der Waals surface area (Å²) in [5, 5.41) is 0.0505. The molecular weight excluding hydrogens is 186 g/mol. The van der Waals surface area contributed by atoms with Crippen molar-refractivity contribution >= 4 is 22.6 Å². The van der Waals surface area contributed by atoms with Gasteiger partial charge < -0.3 is 4.98 Å². The molecule has 2 nitrogen and oxygen atoms in total. The topological polar surface area (TPSA) is 28.7 Å². The fourth-order valence-corrected chi connectivity index (χ4v) is 1.20. The van der Waals surface area contributed by atoms with Gasteiger partial charge in [0.15, 0.2) is 5.82 Å². The molecule has 0 bridgehead atoms. The average Bonchev–Trinajstić information content (AvgIpc) is 2.29. The standard InChI is InChI=1S/C7H3ClF2N2/c8-7-11-5-2-3(9)1-4(10)6(5)12-7/h1-2H,(H,11,12). The molecule has 0 aliphatic carbocycles. The minimum absolute atomic E-state index is 0.0505. The first kappa shape index (κ1) is 7.49. The molecule has 0 radical (unpaired) electrons. The number of aromatic nitrogens is 2. The first-order chi connectivity index (χ1) is 5.66. The Morgan fingerprint density at radius 2 is 2.08 bits per heavy atom. The number of aromatic amines is 1. The zero-order valence-corrected chi connectivity index (χ0v) is 6.49. The van der Waals surface area contributed by atoms with E-state index in [4.69, 9.17) is 11.6 Å². The van der Waals surface area contributed by atoms with Crippen LogP contribution in [0.4, 0.5) is 8.78 Å². The van der Waals surface area contributed by atoms with E-state index in [-0.39, 0.29) is 16.3 Å². The van der Waals surface area contributed by atoms with Gasteiger partial charge in [-0.25, -0.2) is 13.8 Å². The number of hydrogen-bond acceptors (Lipinski definition) is 1. The molecule has 62 valence electrons. The van der Waals surface area contributed by atoms with Gasteiger partial charge in [-0.3, -0.25) is 0 Å². The first-order valence-corrected chi connectivity index (χ1v) is 3.55. The van der Waals surface area contributed by atoms with Crippen molar-refractivity contribution in [1.82, 2.24) is 9.97 Å². The summed E-state index contributed by atoms with van der Waals surface area (Å²) in [5.41, 5.74) is 0.318. The Kier molecular flexibility index (Phi) is 1.51. The van der Waals surface area contributed by atoms with Crippen LogP contribution in [0, 0.1) is 11.6 Å². The molecule has 0 saturated carbocycles. The second-order valence-corrected chi connectivity index (χ2v) is 2.67. The first-order valence-electron chi connectivity index (χ1n) is 3.17. The molecule has 0 spiro atoms. The highest BCUT2D eigenvalue weighted by Gasteiger charge is 2.07. The monoisotopic (exact) mass is 188 g/mol. The summed E-state index contributed by atoms with van der Waals surface area (Å²) < 4.78 is 25.5. The quantitative estimate of drug-likeness (QED) is 0.676. The van der Waals surface area contributed by atoms with Gasteiger partial charge in [0.05, 0.1) is 5.52 Å². The lowest BCUT2D eigenvalue weighted by Crippen LogP contribution is -1.81. The Hall–Kier alpha value is -1.16. The number of rotatable bonds is 0. The molecule has 0 saturated heterocycles. The minimum atomic E-state index is -0.715. The van der Waals surface area contributed by atoms with Crippen molar-refractivity contribution in [1.29, 1.82) is 0 Å². The van der Waals surface area contributed by atoms with E-state index in [1.165, 1.54) is 0 Å². The largest absolute Gasteiger partial charge is 0.328 e. The normalized spacial score (nSPS) is 10.9. The lowest BCUT2D eigenvalue weighted by molar-refractivity contribution is 0.590. The van der Waals surface area contributed by atoms with Gasteiger partial charge in [0.2, 0.25) is 5.28 Å². The number of halogens is 3.